The van der Waals surface area contributed by atoms with E-state index in [1.54, 1.807) is 73.8 Å². The number of likely N-dealkylation sites (N-methyl/N-ethyl adjacent to an activating group) is 1. The van der Waals surface area contributed by atoms with Crippen molar-refractivity contribution >= 4 is 45.0 Å². The van der Waals surface area contributed by atoms with Gasteiger partial charge in [-0.1, -0.05) is 61.2 Å². The fourth-order valence-electron chi connectivity index (χ4n) is 5.37. The number of carbonyl (C=O) groups excluding carboxylic acids is 3. The van der Waals surface area contributed by atoms with Gasteiger partial charge in [0.15, 0.2) is 5.01 Å². The van der Waals surface area contributed by atoms with Gasteiger partial charge in [0.1, 0.15) is 17.6 Å². The Morgan fingerprint density at radius 1 is 0.981 bits per heavy atom. The third-order valence-corrected chi connectivity index (χ3v) is 9.07. The van der Waals surface area contributed by atoms with Crippen LogP contribution in [0.4, 0.5) is 23.2 Å². The number of rotatable bonds is 12. The van der Waals surface area contributed by atoms with E-state index in [9.17, 15) is 31.9 Å². The van der Waals surface area contributed by atoms with Crippen LogP contribution in [-0.4, -0.2) is 47.8 Å². The summed E-state index contributed by atoms with van der Waals surface area (Å²) in [6.45, 7) is 6.00. The Balaban J connectivity index is 1.36. The number of thiazole rings is 1. The fourth-order valence-corrected chi connectivity index (χ4v) is 6.27. The lowest BCUT2D eigenvalue weighted by Crippen LogP contribution is -2.47. The number of aromatic nitrogens is 1. The normalized spacial score (nSPS) is 12.2. The van der Waals surface area contributed by atoms with Gasteiger partial charge in [0.2, 0.25) is 5.91 Å². The second kappa shape index (κ2) is 16.5. The number of hydrogen-bond donors (Lipinski definition) is 2. The molecule has 4 aromatic carbocycles. The first-order valence-electron chi connectivity index (χ1n) is 16.1. The summed E-state index contributed by atoms with van der Waals surface area (Å²) >= 11 is 1.05. The predicted octanol–water partition coefficient (Wildman–Crippen LogP) is 8.83. The van der Waals surface area contributed by atoms with Crippen LogP contribution in [0.3, 0.4) is 0 Å². The number of hydrogen-bond acceptors (Lipinski definition) is 6. The monoisotopic (exact) mass is 742 g/mol. The summed E-state index contributed by atoms with van der Waals surface area (Å²) < 4.78 is 59.0. The van der Waals surface area contributed by atoms with Crippen molar-refractivity contribution in [3.8, 4) is 16.9 Å². The minimum absolute atomic E-state index is 0.0603. The quantitative estimate of drug-likeness (QED) is 0.0984. The Bertz CT molecular complexity index is 2210. The van der Waals surface area contributed by atoms with Gasteiger partial charge in [-0.15, -0.1) is 11.3 Å². The van der Waals surface area contributed by atoms with E-state index in [1.807, 2.05) is 6.92 Å². The molecule has 13 heteroatoms. The van der Waals surface area contributed by atoms with Crippen LogP contribution in [0.5, 0.6) is 5.75 Å². The van der Waals surface area contributed by atoms with Gasteiger partial charge in [0.25, 0.3) is 11.8 Å². The van der Waals surface area contributed by atoms with E-state index in [-0.39, 0.29) is 17.1 Å². The Labute approximate surface area is 307 Å². The molecule has 0 fully saturated rings. The molecule has 53 heavy (non-hydrogen) atoms. The van der Waals surface area contributed by atoms with Gasteiger partial charge in [-0.05, 0) is 78.2 Å². The van der Waals surface area contributed by atoms with Crippen molar-refractivity contribution in [1.29, 1.82) is 0 Å². The molecular weight excluding hydrogens is 709 g/mol. The number of nitrogens with one attached hydrogen (secondary N) is 2. The molecular formula is C40H34F4N4O4S. The third kappa shape index (κ3) is 9.24. The van der Waals surface area contributed by atoms with Gasteiger partial charge >= 0.3 is 6.18 Å². The number of halogens is 4. The maximum atomic E-state index is 13.6. The average Bonchev–Trinajstić information content (AvgIpc) is 3.57. The zero-order chi connectivity index (χ0) is 38.3. The third-order valence-electron chi connectivity index (χ3n) is 8.05. The van der Waals surface area contributed by atoms with Crippen molar-refractivity contribution in [2.24, 2.45) is 0 Å². The maximum Gasteiger partial charge on any atom is 0.416 e. The smallest absolute Gasteiger partial charge is 0.416 e. The molecule has 8 nitrogen and oxygen atoms in total. The first kappa shape index (κ1) is 38.2. The molecule has 0 saturated heterocycles. The van der Waals surface area contributed by atoms with Gasteiger partial charge in [0, 0.05) is 24.8 Å². The number of ether oxygens (including phenoxy) is 1. The highest BCUT2D eigenvalue weighted by Crippen LogP contribution is 2.37. The number of benzene rings is 4. The van der Waals surface area contributed by atoms with E-state index < -0.39 is 41.3 Å². The highest BCUT2D eigenvalue weighted by molar-refractivity contribution is 7.20. The molecule has 0 spiro atoms. The number of carbonyl (C=O) groups is 3. The molecule has 5 aromatic rings. The number of anilines is 1. The van der Waals surface area contributed by atoms with Crippen molar-refractivity contribution in [3.05, 3.63) is 149 Å². The summed E-state index contributed by atoms with van der Waals surface area (Å²) in [5, 5.41) is 5.62. The lowest BCUT2D eigenvalue weighted by Gasteiger charge is -2.25. The van der Waals surface area contributed by atoms with Crippen molar-refractivity contribution in [2.45, 2.75) is 25.7 Å². The summed E-state index contributed by atoms with van der Waals surface area (Å²) in [6, 6.07) is 18.6. The Morgan fingerprint density at radius 3 is 2.36 bits per heavy atom. The fraction of sp³-hybridized carbons (Fsp3) is 0.150. The molecule has 5 rings (SSSR count). The number of methoxy groups -OCH3 is 1. The van der Waals surface area contributed by atoms with Crippen LogP contribution in [-0.2, 0) is 17.5 Å². The van der Waals surface area contributed by atoms with Crippen LogP contribution in [0.15, 0.2) is 121 Å². The largest absolute Gasteiger partial charge is 0.496 e. The topological polar surface area (TPSA) is 101 Å². The van der Waals surface area contributed by atoms with E-state index in [4.69, 9.17) is 4.74 Å². The van der Waals surface area contributed by atoms with Gasteiger partial charge in [0.05, 0.1) is 28.5 Å². The van der Waals surface area contributed by atoms with E-state index in [0.29, 0.717) is 43.9 Å². The number of fused-ring (bicyclic) bond motifs is 1. The summed E-state index contributed by atoms with van der Waals surface area (Å²) in [5.74, 6) is -1.72. The molecule has 0 bridgehead atoms. The minimum Gasteiger partial charge on any atom is -0.496 e. The van der Waals surface area contributed by atoms with E-state index in [2.05, 4.69) is 22.2 Å². The van der Waals surface area contributed by atoms with Crippen LogP contribution >= 0.6 is 11.3 Å². The Morgan fingerprint density at radius 2 is 1.70 bits per heavy atom. The molecule has 1 atom stereocenters. The summed E-state index contributed by atoms with van der Waals surface area (Å²) in [5.41, 5.74) is 1.87. The van der Waals surface area contributed by atoms with Crippen molar-refractivity contribution in [3.63, 3.8) is 0 Å². The van der Waals surface area contributed by atoms with E-state index in [1.165, 1.54) is 42.3 Å². The first-order chi connectivity index (χ1) is 25.3. The maximum absolute atomic E-state index is 13.6. The van der Waals surface area contributed by atoms with E-state index in [0.717, 1.165) is 23.5 Å². The average molecular weight is 743 g/mol. The molecule has 2 N–H and O–H groups in total. The van der Waals surface area contributed by atoms with Crippen LogP contribution < -0.4 is 15.4 Å². The van der Waals surface area contributed by atoms with Gasteiger partial charge in [-0.25, -0.2) is 9.37 Å². The van der Waals surface area contributed by atoms with Crippen LogP contribution in [0.2, 0.25) is 0 Å². The highest BCUT2D eigenvalue weighted by Gasteiger charge is 2.31. The van der Waals surface area contributed by atoms with Crippen LogP contribution in [0.25, 0.3) is 21.3 Å². The number of nitrogens with zero attached hydrogens (tertiary/aromatic N) is 2. The van der Waals surface area contributed by atoms with E-state index >= 15 is 0 Å². The first-order valence-corrected chi connectivity index (χ1v) is 17.0. The zero-order valence-corrected chi connectivity index (χ0v) is 29.6. The lowest BCUT2D eigenvalue weighted by atomic mass is 9.96. The van der Waals surface area contributed by atoms with Crippen molar-refractivity contribution < 1.29 is 36.7 Å². The van der Waals surface area contributed by atoms with Gasteiger partial charge in [-0.3, -0.25) is 14.4 Å². The zero-order valence-electron chi connectivity index (χ0n) is 28.8. The SMILES string of the molecule is C=C(/C=C\C=C/C)[C@H](NC(=O)c1nc2ccc(NC(=O)c3cccc(OC)c3-c3ccc(C(F)(F)F)cc3)cc2s1)C(=O)N(C)Cc1ccc(F)cc1. The van der Waals surface area contributed by atoms with Gasteiger partial charge in [-0.2, -0.15) is 13.2 Å². The summed E-state index contributed by atoms with van der Waals surface area (Å²) in [4.78, 5) is 46.6. The highest BCUT2D eigenvalue weighted by atomic mass is 32.1. The van der Waals surface area contributed by atoms with Crippen LogP contribution in [0.1, 0.15) is 38.2 Å². The standard InChI is InChI=1S/C40H34F4N4O4S/c1-5-6-7-9-24(2)35(39(51)48(3)23-25-12-18-28(41)19-13-25)47-37(50)38-46-31-21-20-29(22-33(31)53-38)45-36(49)30-10-8-11-32(52-4)34(30)26-14-16-27(17-15-26)40(42,43)44/h5-22,35H,2,23H2,1,3-4H3,(H,45,49)(H,47,50)/b6-5-,9-7-/t35-/m0/s1. The molecule has 0 aliphatic rings. The Hall–Kier alpha value is -6.08. The van der Waals surface area contributed by atoms with Crippen molar-refractivity contribution in [1.82, 2.24) is 15.2 Å². The number of allylic oxidation sites excluding steroid dienone is 3. The number of amides is 3. The lowest BCUT2D eigenvalue weighted by molar-refractivity contribution is -0.137. The molecule has 0 aliphatic heterocycles. The van der Waals surface area contributed by atoms with Crippen LogP contribution in [0, 0.1) is 5.82 Å². The Kier molecular flexibility index (Phi) is 11.9. The molecule has 0 unspecified atom stereocenters. The molecule has 3 amide bonds. The molecule has 0 saturated carbocycles. The predicted molar refractivity (Wildman–Crippen MR) is 198 cm³/mol. The molecule has 0 radical (unpaired) electrons. The summed E-state index contributed by atoms with van der Waals surface area (Å²) in [7, 11) is 2.97. The molecule has 0 aliphatic carbocycles. The molecule has 1 heterocycles. The molecule has 1 aromatic heterocycles. The second-order valence-corrected chi connectivity index (χ2v) is 12.8. The minimum atomic E-state index is -4.52. The summed E-state index contributed by atoms with van der Waals surface area (Å²) in [6.07, 6.45) is 2.35. The molecule has 272 valence electrons. The van der Waals surface area contributed by atoms with Crippen molar-refractivity contribution in [2.75, 3.05) is 19.5 Å². The number of alkyl halides is 3. The second-order valence-electron chi connectivity index (χ2n) is 11.8. The van der Waals surface area contributed by atoms with Gasteiger partial charge < -0.3 is 20.3 Å².